The SMILES string of the molecule is CNC(c1cn[nH]n1)c1cccc(F)c1F. The quantitative estimate of drug-likeness (QED) is 0.828. The molecule has 1 unspecified atom stereocenters. The van der Waals surface area contributed by atoms with Gasteiger partial charge in [0.15, 0.2) is 11.6 Å². The van der Waals surface area contributed by atoms with Crippen molar-refractivity contribution in [1.29, 1.82) is 0 Å². The van der Waals surface area contributed by atoms with E-state index in [1.165, 1.54) is 18.3 Å². The Labute approximate surface area is 90.7 Å². The van der Waals surface area contributed by atoms with Crippen molar-refractivity contribution in [3.05, 3.63) is 47.3 Å². The Morgan fingerprint density at radius 3 is 2.81 bits per heavy atom. The van der Waals surface area contributed by atoms with E-state index in [0.717, 1.165) is 6.07 Å². The van der Waals surface area contributed by atoms with Gasteiger partial charge >= 0.3 is 0 Å². The Morgan fingerprint density at radius 1 is 1.38 bits per heavy atom. The van der Waals surface area contributed by atoms with Crippen molar-refractivity contribution in [1.82, 2.24) is 20.7 Å². The zero-order chi connectivity index (χ0) is 11.5. The molecule has 6 heteroatoms. The molecule has 1 atom stereocenters. The molecule has 0 spiro atoms. The molecule has 84 valence electrons. The van der Waals surface area contributed by atoms with Gasteiger partial charge in [0, 0.05) is 5.56 Å². The fourth-order valence-corrected chi connectivity index (χ4v) is 1.56. The Bertz CT molecular complexity index is 470. The van der Waals surface area contributed by atoms with Gasteiger partial charge in [0.1, 0.15) is 5.69 Å². The summed E-state index contributed by atoms with van der Waals surface area (Å²) in [5.74, 6) is -1.74. The Balaban J connectivity index is 2.45. The molecule has 0 radical (unpaired) electrons. The van der Waals surface area contributed by atoms with Crippen LogP contribution >= 0.6 is 0 Å². The molecule has 4 nitrogen and oxygen atoms in total. The largest absolute Gasteiger partial charge is 0.308 e. The highest BCUT2D eigenvalue weighted by atomic mass is 19.2. The maximum absolute atomic E-state index is 13.6. The number of aromatic nitrogens is 3. The second kappa shape index (κ2) is 4.36. The summed E-state index contributed by atoms with van der Waals surface area (Å²) in [7, 11) is 1.64. The highest BCUT2D eigenvalue weighted by Gasteiger charge is 2.20. The lowest BCUT2D eigenvalue weighted by atomic mass is 10.0. The van der Waals surface area contributed by atoms with E-state index >= 15 is 0 Å². The summed E-state index contributed by atoms with van der Waals surface area (Å²) >= 11 is 0. The number of rotatable bonds is 3. The standard InChI is InChI=1S/C10H10F2N4/c1-13-10(8-5-14-16-15-8)6-3-2-4-7(11)9(6)12/h2-5,10,13H,1H3,(H,14,15,16). The number of hydrogen-bond donors (Lipinski definition) is 2. The van der Waals surface area contributed by atoms with Gasteiger partial charge in [-0.3, -0.25) is 0 Å². The molecule has 0 saturated carbocycles. The van der Waals surface area contributed by atoms with Crippen molar-refractivity contribution in [2.24, 2.45) is 0 Å². The van der Waals surface area contributed by atoms with Crippen LogP contribution in [0.25, 0.3) is 0 Å². The Morgan fingerprint density at radius 2 is 2.19 bits per heavy atom. The summed E-state index contributed by atoms with van der Waals surface area (Å²) in [5.41, 5.74) is 0.711. The van der Waals surface area contributed by atoms with Crippen LogP contribution in [0.2, 0.25) is 0 Å². The number of aromatic amines is 1. The molecule has 0 aliphatic carbocycles. The van der Waals surface area contributed by atoms with Crippen LogP contribution in [-0.2, 0) is 0 Å². The summed E-state index contributed by atoms with van der Waals surface area (Å²) < 4.78 is 26.6. The average Bonchev–Trinajstić information content (AvgIpc) is 2.79. The normalized spacial score (nSPS) is 12.7. The number of hydrogen-bond acceptors (Lipinski definition) is 3. The van der Waals surface area contributed by atoms with Crippen LogP contribution in [0.4, 0.5) is 8.78 Å². The van der Waals surface area contributed by atoms with Crippen molar-refractivity contribution in [2.75, 3.05) is 7.05 Å². The highest BCUT2D eigenvalue weighted by Crippen LogP contribution is 2.23. The van der Waals surface area contributed by atoms with Crippen LogP contribution in [0.15, 0.2) is 24.4 Å². The van der Waals surface area contributed by atoms with Crippen molar-refractivity contribution in [3.63, 3.8) is 0 Å². The van der Waals surface area contributed by atoms with E-state index in [1.54, 1.807) is 7.05 Å². The first kappa shape index (κ1) is 10.7. The van der Waals surface area contributed by atoms with Crippen LogP contribution in [0.1, 0.15) is 17.3 Å². The molecular formula is C10H10F2N4. The lowest BCUT2D eigenvalue weighted by Crippen LogP contribution is -2.19. The second-order valence-electron chi connectivity index (χ2n) is 3.26. The number of benzene rings is 1. The van der Waals surface area contributed by atoms with E-state index in [9.17, 15) is 8.78 Å². The average molecular weight is 224 g/mol. The van der Waals surface area contributed by atoms with E-state index in [4.69, 9.17) is 0 Å². The molecule has 0 fully saturated rings. The number of halogens is 2. The van der Waals surface area contributed by atoms with Crippen LogP contribution in [-0.4, -0.2) is 22.5 Å². The first-order chi connectivity index (χ1) is 7.74. The molecule has 2 rings (SSSR count). The molecule has 0 bridgehead atoms. The monoisotopic (exact) mass is 224 g/mol. The minimum absolute atomic E-state index is 0.205. The minimum atomic E-state index is -0.874. The molecule has 2 N–H and O–H groups in total. The summed E-state index contributed by atoms with van der Waals surface area (Å²) in [5, 5.41) is 12.8. The Hall–Kier alpha value is -1.82. The van der Waals surface area contributed by atoms with Crippen LogP contribution in [0.3, 0.4) is 0 Å². The predicted molar refractivity (Wildman–Crippen MR) is 53.6 cm³/mol. The maximum Gasteiger partial charge on any atom is 0.163 e. The first-order valence-corrected chi connectivity index (χ1v) is 4.71. The third-order valence-corrected chi connectivity index (χ3v) is 2.31. The van der Waals surface area contributed by atoms with Gasteiger partial charge in [-0.05, 0) is 13.1 Å². The minimum Gasteiger partial charge on any atom is -0.308 e. The van der Waals surface area contributed by atoms with Crippen LogP contribution in [0.5, 0.6) is 0 Å². The van der Waals surface area contributed by atoms with Crippen LogP contribution in [0, 0.1) is 11.6 Å². The smallest absolute Gasteiger partial charge is 0.163 e. The number of nitrogens with zero attached hydrogens (tertiary/aromatic N) is 2. The third-order valence-electron chi connectivity index (χ3n) is 2.31. The van der Waals surface area contributed by atoms with Crippen molar-refractivity contribution >= 4 is 0 Å². The van der Waals surface area contributed by atoms with E-state index in [2.05, 4.69) is 20.7 Å². The summed E-state index contributed by atoms with van der Waals surface area (Å²) in [6.07, 6.45) is 1.46. The molecule has 1 aromatic heterocycles. The highest BCUT2D eigenvalue weighted by molar-refractivity contribution is 5.28. The summed E-state index contributed by atoms with van der Waals surface area (Å²) in [4.78, 5) is 0. The number of nitrogens with one attached hydrogen (secondary N) is 2. The fraction of sp³-hybridized carbons (Fsp3) is 0.200. The van der Waals surface area contributed by atoms with Crippen molar-refractivity contribution in [2.45, 2.75) is 6.04 Å². The second-order valence-corrected chi connectivity index (χ2v) is 3.26. The summed E-state index contributed by atoms with van der Waals surface area (Å²) in [6.45, 7) is 0. The zero-order valence-corrected chi connectivity index (χ0v) is 8.54. The molecule has 0 aliphatic rings. The van der Waals surface area contributed by atoms with Crippen LogP contribution < -0.4 is 5.32 Å². The molecule has 0 amide bonds. The molecule has 2 aromatic rings. The van der Waals surface area contributed by atoms with Gasteiger partial charge in [-0.25, -0.2) is 8.78 Å². The van der Waals surface area contributed by atoms with E-state index in [0.29, 0.717) is 5.69 Å². The Kier molecular flexibility index (Phi) is 2.91. The van der Waals surface area contributed by atoms with Gasteiger partial charge in [0.2, 0.25) is 0 Å². The van der Waals surface area contributed by atoms with Crippen molar-refractivity contribution in [3.8, 4) is 0 Å². The molecule has 1 heterocycles. The van der Waals surface area contributed by atoms with E-state index in [1.807, 2.05) is 0 Å². The van der Waals surface area contributed by atoms with Crippen molar-refractivity contribution < 1.29 is 8.78 Å². The molecule has 16 heavy (non-hydrogen) atoms. The lowest BCUT2D eigenvalue weighted by Gasteiger charge is -2.14. The zero-order valence-electron chi connectivity index (χ0n) is 8.54. The van der Waals surface area contributed by atoms with Gasteiger partial charge in [0.05, 0.1) is 12.2 Å². The fourth-order valence-electron chi connectivity index (χ4n) is 1.56. The van der Waals surface area contributed by atoms with E-state index in [-0.39, 0.29) is 5.56 Å². The van der Waals surface area contributed by atoms with Gasteiger partial charge in [0.25, 0.3) is 0 Å². The van der Waals surface area contributed by atoms with Gasteiger partial charge in [-0.15, -0.1) is 0 Å². The van der Waals surface area contributed by atoms with Gasteiger partial charge in [-0.2, -0.15) is 15.4 Å². The van der Waals surface area contributed by atoms with Gasteiger partial charge in [-0.1, -0.05) is 12.1 Å². The molecule has 0 aliphatic heterocycles. The number of H-pyrrole nitrogens is 1. The predicted octanol–water partition coefficient (Wildman–Crippen LogP) is 1.39. The van der Waals surface area contributed by atoms with E-state index < -0.39 is 17.7 Å². The molecular weight excluding hydrogens is 214 g/mol. The third kappa shape index (κ3) is 1.79. The van der Waals surface area contributed by atoms with Gasteiger partial charge < -0.3 is 5.32 Å². The lowest BCUT2D eigenvalue weighted by molar-refractivity contribution is 0.485. The first-order valence-electron chi connectivity index (χ1n) is 4.71. The molecule has 1 aromatic carbocycles. The summed E-state index contributed by atoms with van der Waals surface area (Å²) in [6, 6.07) is 3.52. The maximum atomic E-state index is 13.6. The topological polar surface area (TPSA) is 53.6 Å². The molecule has 0 saturated heterocycles.